The van der Waals surface area contributed by atoms with Crippen LogP contribution < -0.4 is 10.6 Å². The monoisotopic (exact) mass is 463 g/mol. The third-order valence-electron chi connectivity index (χ3n) is 5.52. The summed E-state index contributed by atoms with van der Waals surface area (Å²) in [5, 5.41) is 17.4. The molecule has 0 fully saturated rings. The zero-order valence-electron chi connectivity index (χ0n) is 17.6. The lowest BCUT2D eigenvalue weighted by Gasteiger charge is -2.33. The average molecular weight is 464 g/mol. The van der Waals surface area contributed by atoms with E-state index in [1.807, 2.05) is 43.3 Å². The van der Waals surface area contributed by atoms with Crippen LogP contribution in [0.5, 0.6) is 0 Å². The van der Waals surface area contributed by atoms with Crippen molar-refractivity contribution in [1.82, 2.24) is 5.32 Å². The standard InChI is InChI=1S/C25H22ClN3O2S/c1-15-4-2-5-18(12-15)28-22(31)14-32-25-19(13-27)23(16-8-10-17(26)11-9-16)24-20(29-25)6-3-7-21(24)30/h2,4-5,8-12,23,29H,3,6-7,14H2,1H3,(H,28,31)/t23-/m1/s1. The normalized spacial score (nSPS) is 18.0. The van der Waals surface area contributed by atoms with E-state index in [1.54, 1.807) is 12.1 Å². The van der Waals surface area contributed by atoms with Crippen molar-refractivity contribution in [2.45, 2.75) is 32.1 Å². The maximum atomic E-state index is 12.8. The summed E-state index contributed by atoms with van der Waals surface area (Å²) >= 11 is 7.34. The van der Waals surface area contributed by atoms with Gasteiger partial charge < -0.3 is 10.6 Å². The quantitative estimate of drug-likeness (QED) is 0.616. The molecule has 4 rings (SSSR count). The molecule has 0 saturated heterocycles. The van der Waals surface area contributed by atoms with Gasteiger partial charge in [0, 0.05) is 28.4 Å². The third kappa shape index (κ3) is 4.74. The first kappa shape index (κ1) is 22.2. The number of carbonyl (C=O) groups is 2. The van der Waals surface area contributed by atoms with Gasteiger partial charge in [-0.05, 0) is 55.2 Å². The van der Waals surface area contributed by atoms with Crippen LogP contribution in [0.3, 0.4) is 0 Å². The first-order chi connectivity index (χ1) is 15.5. The zero-order chi connectivity index (χ0) is 22.7. The molecule has 0 spiro atoms. The van der Waals surface area contributed by atoms with Crippen molar-refractivity contribution in [3.8, 4) is 6.07 Å². The van der Waals surface area contributed by atoms with Crippen LogP contribution in [0.1, 0.15) is 36.3 Å². The van der Waals surface area contributed by atoms with Crippen LogP contribution in [0.2, 0.25) is 5.02 Å². The van der Waals surface area contributed by atoms with Crippen LogP contribution in [0.25, 0.3) is 0 Å². The Balaban J connectivity index is 1.61. The molecule has 5 nitrogen and oxygen atoms in total. The molecule has 0 saturated carbocycles. The molecular formula is C25H22ClN3O2S. The van der Waals surface area contributed by atoms with Gasteiger partial charge in [0.15, 0.2) is 5.78 Å². The molecule has 2 aromatic rings. The van der Waals surface area contributed by atoms with E-state index in [9.17, 15) is 14.9 Å². The second kappa shape index (κ2) is 9.64. The van der Waals surface area contributed by atoms with Gasteiger partial charge in [0.25, 0.3) is 0 Å². The molecule has 0 unspecified atom stereocenters. The van der Waals surface area contributed by atoms with Crippen molar-refractivity contribution in [3.05, 3.63) is 86.6 Å². The number of rotatable bonds is 5. The van der Waals surface area contributed by atoms with E-state index in [-0.39, 0.29) is 17.4 Å². The number of nitrogens with one attached hydrogen (secondary N) is 2. The fourth-order valence-electron chi connectivity index (χ4n) is 4.08. The van der Waals surface area contributed by atoms with Gasteiger partial charge in [-0.3, -0.25) is 9.59 Å². The summed E-state index contributed by atoms with van der Waals surface area (Å²) in [5.74, 6) is -0.406. The Morgan fingerprint density at radius 1 is 1.25 bits per heavy atom. The van der Waals surface area contributed by atoms with Crippen LogP contribution in [0.4, 0.5) is 5.69 Å². The van der Waals surface area contributed by atoms with E-state index in [0.29, 0.717) is 27.6 Å². The number of benzene rings is 2. The smallest absolute Gasteiger partial charge is 0.234 e. The van der Waals surface area contributed by atoms with Crippen molar-refractivity contribution in [3.63, 3.8) is 0 Å². The highest BCUT2D eigenvalue weighted by molar-refractivity contribution is 8.03. The van der Waals surface area contributed by atoms with Gasteiger partial charge in [0.1, 0.15) is 0 Å². The molecule has 2 aromatic carbocycles. The molecule has 0 aromatic heterocycles. The summed E-state index contributed by atoms with van der Waals surface area (Å²) in [4.78, 5) is 25.4. The van der Waals surface area contributed by atoms with Crippen LogP contribution >= 0.6 is 23.4 Å². The summed E-state index contributed by atoms with van der Waals surface area (Å²) in [7, 11) is 0. The maximum Gasteiger partial charge on any atom is 0.234 e. The zero-order valence-corrected chi connectivity index (χ0v) is 19.1. The van der Waals surface area contributed by atoms with Gasteiger partial charge in [-0.15, -0.1) is 0 Å². The minimum absolute atomic E-state index is 0.0627. The number of nitrogens with zero attached hydrogens (tertiary/aromatic N) is 1. The number of Topliss-reactive ketones (excluding diaryl/α,β-unsaturated/α-hetero) is 1. The number of hydrogen-bond acceptors (Lipinski definition) is 5. The molecule has 2 N–H and O–H groups in total. The third-order valence-corrected chi connectivity index (χ3v) is 6.78. The van der Waals surface area contributed by atoms with Gasteiger partial charge in [0.2, 0.25) is 5.91 Å². The van der Waals surface area contributed by atoms with E-state index in [4.69, 9.17) is 11.6 Å². The average Bonchev–Trinajstić information content (AvgIpc) is 2.77. The molecule has 1 aliphatic carbocycles. The topological polar surface area (TPSA) is 82.0 Å². The fourth-order valence-corrected chi connectivity index (χ4v) is 5.07. The lowest BCUT2D eigenvalue weighted by atomic mass is 9.77. The van der Waals surface area contributed by atoms with E-state index >= 15 is 0 Å². The van der Waals surface area contributed by atoms with Crippen molar-refractivity contribution in [1.29, 1.82) is 5.26 Å². The van der Waals surface area contributed by atoms with Gasteiger partial charge >= 0.3 is 0 Å². The molecule has 162 valence electrons. The second-order valence-corrected chi connectivity index (χ2v) is 9.26. The SMILES string of the molecule is Cc1cccc(NC(=O)CSC2=C(C#N)[C@@H](c3ccc(Cl)cc3)C3=C(CCCC3=O)N2)c1. The van der Waals surface area contributed by atoms with Crippen LogP contribution in [-0.2, 0) is 9.59 Å². The summed E-state index contributed by atoms with van der Waals surface area (Å²) in [6.45, 7) is 1.97. The number of ketones is 1. The fraction of sp³-hybridized carbons (Fsp3) is 0.240. The Morgan fingerprint density at radius 3 is 2.75 bits per heavy atom. The lowest BCUT2D eigenvalue weighted by molar-refractivity contribution is -0.116. The Bertz CT molecular complexity index is 1180. The Kier molecular flexibility index (Phi) is 6.69. The predicted molar refractivity (Wildman–Crippen MR) is 128 cm³/mol. The number of dihydropyridines is 1. The van der Waals surface area contributed by atoms with E-state index < -0.39 is 5.92 Å². The van der Waals surface area contributed by atoms with Crippen LogP contribution in [-0.4, -0.2) is 17.4 Å². The largest absolute Gasteiger partial charge is 0.352 e. The van der Waals surface area contributed by atoms with Crippen molar-refractivity contribution >= 4 is 40.7 Å². The first-order valence-electron chi connectivity index (χ1n) is 10.4. The number of amides is 1. The molecule has 0 radical (unpaired) electrons. The van der Waals surface area contributed by atoms with E-state index in [0.717, 1.165) is 35.4 Å². The second-order valence-electron chi connectivity index (χ2n) is 7.84. The number of allylic oxidation sites excluding steroid dienone is 3. The van der Waals surface area contributed by atoms with Gasteiger partial charge in [-0.1, -0.05) is 47.6 Å². The highest BCUT2D eigenvalue weighted by Crippen LogP contribution is 2.44. The summed E-state index contributed by atoms with van der Waals surface area (Å²) in [6.07, 6.45) is 1.99. The minimum atomic E-state index is -0.455. The highest BCUT2D eigenvalue weighted by atomic mass is 35.5. The number of aryl methyl sites for hydroxylation is 1. The Morgan fingerprint density at radius 2 is 2.03 bits per heavy atom. The van der Waals surface area contributed by atoms with Crippen LogP contribution in [0, 0.1) is 18.3 Å². The molecule has 1 atom stereocenters. The molecule has 1 amide bonds. The molecule has 0 bridgehead atoms. The predicted octanol–water partition coefficient (Wildman–Crippen LogP) is 5.45. The summed E-state index contributed by atoms with van der Waals surface area (Å²) in [5.41, 5.74) is 4.60. The lowest BCUT2D eigenvalue weighted by Crippen LogP contribution is -2.31. The highest BCUT2D eigenvalue weighted by Gasteiger charge is 2.37. The first-order valence-corrected chi connectivity index (χ1v) is 11.7. The molecule has 32 heavy (non-hydrogen) atoms. The molecule has 1 aliphatic heterocycles. The summed E-state index contributed by atoms with van der Waals surface area (Å²) in [6, 6.07) is 17.1. The molecule has 7 heteroatoms. The van der Waals surface area contributed by atoms with Gasteiger partial charge in [-0.2, -0.15) is 5.26 Å². The van der Waals surface area contributed by atoms with Gasteiger partial charge in [0.05, 0.1) is 28.3 Å². The van der Waals surface area contributed by atoms with Crippen molar-refractivity contribution in [2.75, 3.05) is 11.1 Å². The molecular weight excluding hydrogens is 442 g/mol. The summed E-state index contributed by atoms with van der Waals surface area (Å²) < 4.78 is 0. The number of halogens is 1. The van der Waals surface area contributed by atoms with E-state index in [2.05, 4.69) is 16.7 Å². The van der Waals surface area contributed by atoms with Crippen LogP contribution in [0.15, 0.2) is 70.4 Å². The van der Waals surface area contributed by atoms with Crippen molar-refractivity contribution < 1.29 is 9.59 Å². The van der Waals surface area contributed by atoms with Crippen molar-refractivity contribution in [2.24, 2.45) is 0 Å². The Labute approximate surface area is 196 Å². The molecule has 2 aliphatic rings. The number of hydrogen-bond donors (Lipinski definition) is 2. The molecule has 1 heterocycles. The minimum Gasteiger partial charge on any atom is -0.352 e. The Hall–Kier alpha value is -3.01. The number of carbonyl (C=O) groups excluding carboxylic acids is 2. The van der Waals surface area contributed by atoms with E-state index in [1.165, 1.54) is 11.8 Å². The number of nitriles is 1. The number of thioether (sulfide) groups is 1. The maximum absolute atomic E-state index is 12.8. The van der Waals surface area contributed by atoms with Gasteiger partial charge in [-0.25, -0.2) is 0 Å². The number of anilines is 1.